The molecular weight excluding hydrogens is 352 g/mol. The Kier molecular flexibility index (Phi) is 5.40. The number of amides is 1. The van der Waals surface area contributed by atoms with E-state index in [1.165, 1.54) is 5.56 Å². The zero-order chi connectivity index (χ0) is 19.6. The van der Waals surface area contributed by atoms with Crippen molar-refractivity contribution >= 4 is 6.09 Å². The largest absolute Gasteiger partial charge is 0.441 e. The molecule has 2 fully saturated rings. The SMILES string of the molecule is Cc1nccn1C[C@@H](C)N1CCC2(CC1)CN(CCc1ccccc1)C(=O)O2. The molecule has 1 aromatic heterocycles. The van der Waals surface area contributed by atoms with Crippen LogP contribution in [0.2, 0.25) is 0 Å². The molecule has 150 valence electrons. The van der Waals surface area contributed by atoms with Crippen LogP contribution >= 0.6 is 0 Å². The molecule has 28 heavy (non-hydrogen) atoms. The van der Waals surface area contributed by atoms with Crippen LogP contribution in [0.25, 0.3) is 0 Å². The van der Waals surface area contributed by atoms with Gasteiger partial charge in [0.1, 0.15) is 11.4 Å². The summed E-state index contributed by atoms with van der Waals surface area (Å²) in [6.07, 6.45) is 6.45. The van der Waals surface area contributed by atoms with Crippen molar-refractivity contribution in [1.29, 1.82) is 0 Å². The summed E-state index contributed by atoms with van der Waals surface area (Å²) in [6, 6.07) is 10.8. The molecule has 1 amide bonds. The van der Waals surface area contributed by atoms with Crippen LogP contribution in [-0.2, 0) is 17.7 Å². The van der Waals surface area contributed by atoms with E-state index in [2.05, 4.69) is 33.5 Å². The molecule has 1 spiro atoms. The summed E-state index contributed by atoms with van der Waals surface area (Å²) in [5, 5.41) is 0. The molecule has 0 unspecified atom stereocenters. The van der Waals surface area contributed by atoms with Crippen LogP contribution in [0.4, 0.5) is 4.79 Å². The molecule has 3 heterocycles. The van der Waals surface area contributed by atoms with Crippen LogP contribution in [0.5, 0.6) is 0 Å². The minimum atomic E-state index is -0.297. The predicted molar refractivity (Wildman–Crippen MR) is 108 cm³/mol. The van der Waals surface area contributed by atoms with E-state index < -0.39 is 0 Å². The predicted octanol–water partition coefficient (Wildman–Crippen LogP) is 3.11. The number of nitrogens with zero attached hydrogens (tertiary/aromatic N) is 4. The lowest BCUT2D eigenvalue weighted by Crippen LogP contribution is -2.50. The maximum atomic E-state index is 12.4. The quantitative estimate of drug-likeness (QED) is 0.770. The number of imidazole rings is 1. The fraction of sp³-hybridized carbons (Fsp3) is 0.545. The van der Waals surface area contributed by atoms with E-state index >= 15 is 0 Å². The Balaban J connectivity index is 1.29. The molecule has 0 radical (unpaired) electrons. The van der Waals surface area contributed by atoms with Gasteiger partial charge in [-0.1, -0.05) is 30.3 Å². The summed E-state index contributed by atoms with van der Waals surface area (Å²) in [5.74, 6) is 1.05. The van der Waals surface area contributed by atoms with Crippen molar-refractivity contribution in [3.63, 3.8) is 0 Å². The first-order chi connectivity index (χ1) is 13.5. The number of aromatic nitrogens is 2. The highest BCUT2D eigenvalue weighted by Gasteiger charge is 2.47. The fourth-order valence-electron chi connectivity index (χ4n) is 4.40. The number of likely N-dealkylation sites (tertiary alicyclic amines) is 1. The van der Waals surface area contributed by atoms with Crippen molar-refractivity contribution in [2.75, 3.05) is 26.2 Å². The zero-order valence-electron chi connectivity index (χ0n) is 16.9. The molecule has 4 rings (SSSR count). The Labute approximate surface area is 167 Å². The minimum absolute atomic E-state index is 0.147. The highest BCUT2D eigenvalue weighted by Crippen LogP contribution is 2.34. The normalized spacial score (nSPS) is 20.5. The van der Waals surface area contributed by atoms with Gasteiger partial charge < -0.3 is 14.2 Å². The van der Waals surface area contributed by atoms with Crippen LogP contribution in [0, 0.1) is 6.92 Å². The second kappa shape index (κ2) is 7.95. The Morgan fingerprint density at radius 3 is 2.64 bits per heavy atom. The lowest BCUT2D eigenvalue weighted by atomic mass is 9.90. The molecule has 0 bridgehead atoms. The van der Waals surface area contributed by atoms with E-state index in [1.807, 2.05) is 42.4 Å². The Hall–Kier alpha value is -2.34. The van der Waals surface area contributed by atoms with Gasteiger partial charge in [-0.25, -0.2) is 9.78 Å². The highest BCUT2D eigenvalue weighted by atomic mass is 16.6. The molecule has 0 aliphatic carbocycles. The van der Waals surface area contributed by atoms with Crippen molar-refractivity contribution < 1.29 is 9.53 Å². The molecule has 0 N–H and O–H groups in total. The summed E-state index contributed by atoms with van der Waals surface area (Å²) in [6.45, 7) is 8.64. The Morgan fingerprint density at radius 1 is 1.21 bits per heavy atom. The lowest BCUT2D eigenvalue weighted by molar-refractivity contribution is -0.00996. The van der Waals surface area contributed by atoms with Gasteiger partial charge in [-0.2, -0.15) is 0 Å². The standard InChI is InChI=1S/C22H30N4O2/c1-18(16-25-15-11-23-19(25)2)24-13-9-22(10-14-24)17-26(21(27)28-22)12-8-20-6-4-3-5-7-20/h3-7,11,15,18H,8-10,12-14,16-17H2,1-2H3/t18-/m1/s1. The van der Waals surface area contributed by atoms with Gasteiger partial charge in [-0.15, -0.1) is 0 Å². The second-order valence-corrected chi connectivity index (χ2v) is 8.22. The van der Waals surface area contributed by atoms with Crippen LogP contribution in [0.3, 0.4) is 0 Å². The molecule has 6 heteroatoms. The van der Waals surface area contributed by atoms with Crippen molar-refractivity contribution in [1.82, 2.24) is 19.4 Å². The Morgan fingerprint density at radius 2 is 1.96 bits per heavy atom. The van der Waals surface area contributed by atoms with Gasteiger partial charge in [0.15, 0.2) is 0 Å². The lowest BCUT2D eigenvalue weighted by Gasteiger charge is -2.40. The maximum absolute atomic E-state index is 12.4. The molecule has 1 aromatic carbocycles. The van der Waals surface area contributed by atoms with Crippen LogP contribution in [-0.4, -0.2) is 63.3 Å². The molecule has 1 atom stereocenters. The number of benzene rings is 1. The summed E-state index contributed by atoms with van der Waals surface area (Å²) in [4.78, 5) is 21.1. The number of aryl methyl sites for hydroxylation is 1. The van der Waals surface area contributed by atoms with Crippen LogP contribution in [0.1, 0.15) is 31.2 Å². The van der Waals surface area contributed by atoms with Crippen molar-refractivity contribution in [2.45, 2.75) is 51.3 Å². The number of piperidine rings is 1. The van der Waals surface area contributed by atoms with Crippen molar-refractivity contribution in [3.05, 3.63) is 54.1 Å². The van der Waals surface area contributed by atoms with E-state index in [0.717, 1.165) is 57.8 Å². The number of carbonyl (C=O) groups is 1. The van der Waals surface area contributed by atoms with Crippen molar-refractivity contribution in [2.24, 2.45) is 0 Å². The molecule has 2 saturated heterocycles. The van der Waals surface area contributed by atoms with E-state index in [9.17, 15) is 4.79 Å². The maximum Gasteiger partial charge on any atom is 0.410 e. The average molecular weight is 383 g/mol. The third kappa shape index (κ3) is 4.07. The molecule has 0 saturated carbocycles. The van der Waals surface area contributed by atoms with Gasteiger partial charge in [0.2, 0.25) is 0 Å². The number of ether oxygens (including phenoxy) is 1. The first kappa shape index (κ1) is 19.0. The first-order valence-corrected chi connectivity index (χ1v) is 10.3. The zero-order valence-corrected chi connectivity index (χ0v) is 16.9. The van der Waals surface area contributed by atoms with Gasteiger partial charge in [-0.3, -0.25) is 4.90 Å². The molecular formula is C22H30N4O2. The topological polar surface area (TPSA) is 50.6 Å². The molecule has 6 nitrogen and oxygen atoms in total. The third-order valence-corrected chi connectivity index (χ3v) is 6.27. The van der Waals surface area contributed by atoms with Crippen molar-refractivity contribution in [3.8, 4) is 0 Å². The number of carbonyl (C=O) groups excluding carboxylic acids is 1. The van der Waals surface area contributed by atoms with Crippen LogP contribution < -0.4 is 0 Å². The summed E-state index contributed by atoms with van der Waals surface area (Å²) in [5.41, 5.74) is 0.962. The average Bonchev–Trinajstić information content (AvgIpc) is 3.24. The van der Waals surface area contributed by atoms with Gasteiger partial charge in [0, 0.05) is 57.5 Å². The number of rotatable bonds is 6. The molecule has 2 aliphatic rings. The number of hydrogen-bond acceptors (Lipinski definition) is 4. The van der Waals surface area contributed by atoms with Crippen LogP contribution in [0.15, 0.2) is 42.7 Å². The monoisotopic (exact) mass is 382 g/mol. The minimum Gasteiger partial charge on any atom is -0.441 e. The Bertz CT molecular complexity index is 796. The van der Waals surface area contributed by atoms with Gasteiger partial charge in [0.25, 0.3) is 0 Å². The van der Waals surface area contributed by atoms with E-state index in [-0.39, 0.29) is 11.7 Å². The summed E-state index contributed by atoms with van der Waals surface area (Å²) >= 11 is 0. The first-order valence-electron chi connectivity index (χ1n) is 10.3. The number of hydrogen-bond donors (Lipinski definition) is 0. The molecule has 2 aromatic rings. The molecule has 2 aliphatic heterocycles. The van der Waals surface area contributed by atoms with E-state index in [1.54, 1.807) is 0 Å². The van der Waals surface area contributed by atoms with Gasteiger partial charge in [0.05, 0.1) is 6.54 Å². The van der Waals surface area contributed by atoms with E-state index in [4.69, 9.17) is 4.74 Å². The third-order valence-electron chi connectivity index (χ3n) is 6.27. The fourth-order valence-corrected chi connectivity index (χ4v) is 4.40. The summed E-state index contributed by atoms with van der Waals surface area (Å²) in [7, 11) is 0. The van der Waals surface area contributed by atoms with E-state index in [0.29, 0.717) is 6.04 Å². The smallest absolute Gasteiger partial charge is 0.410 e. The second-order valence-electron chi connectivity index (χ2n) is 8.22. The van der Waals surface area contributed by atoms with Gasteiger partial charge >= 0.3 is 6.09 Å². The summed E-state index contributed by atoms with van der Waals surface area (Å²) < 4.78 is 8.09. The highest BCUT2D eigenvalue weighted by molar-refractivity contribution is 5.70. The van der Waals surface area contributed by atoms with Gasteiger partial charge in [-0.05, 0) is 25.8 Å².